The Hall–Kier alpha value is -4.95. The molecule has 0 radical (unpaired) electrons. The van der Waals surface area contributed by atoms with Gasteiger partial charge in [0.15, 0.2) is 0 Å². The van der Waals surface area contributed by atoms with E-state index in [-0.39, 0.29) is 34.5 Å². The maximum absolute atomic E-state index is 13.2. The zero-order valence-electron chi connectivity index (χ0n) is 20.7. The summed E-state index contributed by atoms with van der Waals surface area (Å²) in [5, 5.41) is 7.39. The summed E-state index contributed by atoms with van der Waals surface area (Å²) in [5.41, 5.74) is 1.61. The van der Waals surface area contributed by atoms with Crippen LogP contribution < -0.4 is 15.5 Å². The fraction of sp³-hybridized carbons (Fsp3) is 0.0667. The van der Waals surface area contributed by atoms with Gasteiger partial charge >= 0.3 is 5.97 Å². The first-order valence-corrected chi connectivity index (χ1v) is 12.5. The molecule has 1 heterocycles. The van der Waals surface area contributed by atoms with Crippen LogP contribution in [-0.4, -0.2) is 30.3 Å². The van der Waals surface area contributed by atoms with Crippen LogP contribution in [0.25, 0.3) is 10.8 Å². The fourth-order valence-corrected chi connectivity index (χ4v) is 4.46. The number of anilines is 3. The minimum absolute atomic E-state index is 0.144. The van der Waals surface area contributed by atoms with Gasteiger partial charge in [-0.05, 0) is 54.8 Å². The molecule has 0 bridgehead atoms. The van der Waals surface area contributed by atoms with E-state index in [1.165, 1.54) is 18.2 Å². The van der Waals surface area contributed by atoms with Crippen LogP contribution in [-0.2, 0) is 14.3 Å². The predicted molar refractivity (Wildman–Crippen MR) is 150 cm³/mol. The highest BCUT2D eigenvalue weighted by molar-refractivity contribution is 6.53. The number of esters is 1. The summed E-state index contributed by atoms with van der Waals surface area (Å²) in [6.45, 7) is 1.87. The Morgan fingerprint density at radius 3 is 2.38 bits per heavy atom. The molecule has 9 heteroatoms. The lowest BCUT2D eigenvalue weighted by Crippen LogP contribution is -2.32. The molecule has 8 nitrogen and oxygen atoms in total. The SMILES string of the molecule is CCOC(=O)c1cccc(N2C(=O)C(Cl)=C(Nc3cccc(C(=O)Nc4cccc5ccccc45)c3)C2=O)c1. The first kappa shape index (κ1) is 25.7. The van der Waals surface area contributed by atoms with Crippen LogP contribution in [0.5, 0.6) is 0 Å². The van der Waals surface area contributed by atoms with Crippen LogP contribution >= 0.6 is 11.6 Å². The van der Waals surface area contributed by atoms with Crippen molar-refractivity contribution in [2.75, 3.05) is 22.1 Å². The monoisotopic (exact) mass is 539 g/mol. The van der Waals surface area contributed by atoms with Gasteiger partial charge in [0, 0.05) is 22.3 Å². The van der Waals surface area contributed by atoms with Gasteiger partial charge in [-0.1, -0.05) is 60.1 Å². The van der Waals surface area contributed by atoms with Gasteiger partial charge in [-0.2, -0.15) is 0 Å². The summed E-state index contributed by atoms with van der Waals surface area (Å²) in [7, 11) is 0. The van der Waals surface area contributed by atoms with Crippen LogP contribution in [0.3, 0.4) is 0 Å². The van der Waals surface area contributed by atoms with Crippen LogP contribution in [0.4, 0.5) is 17.1 Å². The zero-order valence-corrected chi connectivity index (χ0v) is 21.5. The highest BCUT2D eigenvalue weighted by atomic mass is 35.5. The number of fused-ring (bicyclic) bond motifs is 1. The van der Waals surface area contributed by atoms with Crippen molar-refractivity contribution in [2.24, 2.45) is 0 Å². The van der Waals surface area contributed by atoms with Gasteiger partial charge in [0.2, 0.25) is 0 Å². The summed E-state index contributed by atoms with van der Waals surface area (Å²) in [6, 6.07) is 25.8. The van der Waals surface area contributed by atoms with Gasteiger partial charge < -0.3 is 15.4 Å². The van der Waals surface area contributed by atoms with E-state index in [1.54, 1.807) is 37.3 Å². The first-order valence-electron chi connectivity index (χ1n) is 12.1. The molecule has 194 valence electrons. The topological polar surface area (TPSA) is 105 Å². The van der Waals surface area contributed by atoms with Gasteiger partial charge in [-0.15, -0.1) is 0 Å². The number of nitrogens with one attached hydrogen (secondary N) is 2. The molecule has 0 aliphatic carbocycles. The van der Waals surface area contributed by atoms with Crippen molar-refractivity contribution >= 4 is 63.1 Å². The third kappa shape index (κ3) is 5.10. The second kappa shape index (κ2) is 10.8. The van der Waals surface area contributed by atoms with Crippen molar-refractivity contribution in [1.82, 2.24) is 0 Å². The zero-order chi connectivity index (χ0) is 27.5. The van der Waals surface area contributed by atoms with E-state index in [0.29, 0.717) is 16.9 Å². The number of imide groups is 1. The van der Waals surface area contributed by atoms with E-state index >= 15 is 0 Å². The standard InChI is InChI=1S/C30H22ClN3O5/c1-2-39-30(38)20-11-6-13-22(17-20)34-28(36)25(31)26(29(34)37)32-21-12-5-10-19(16-21)27(35)33-24-15-7-9-18-8-3-4-14-23(18)24/h3-17,32H,2H2,1H3,(H,33,35). The number of benzene rings is 4. The van der Waals surface area contributed by atoms with Gasteiger partial charge in [0.25, 0.3) is 17.7 Å². The molecule has 0 unspecified atom stereocenters. The highest BCUT2D eigenvalue weighted by Crippen LogP contribution is 2.31. The molecule has 0 saturated carbocycles. The number of hydrogen-bond acceptors (Lipinski definition) is 6. The summed E-state index contributed by atoms with van der Waals surface area (Å²) in [4.78, 5) is 52.2. The summed E-state index contributed by atoms with van der Waals surface area (Å²) in [5.74, 6) is -2.36. The number of carbonyl (C=O) groups is 4. The van der Waals surface area contributed by atoms with Gasteiger partial charge in [-0.3, -0.25) is 14.4 Å². The number of halogens is 1. The molecule has 3 amide bonds. The van der Waals surface area contributed by atoms with Gasteiger partial charge in [0.1, 0.15) is 10.7 Å². The number of hydrogen-bond donors (Lipinski definition) is 2. The van der Waals surface area contributed by atoms with Crippen molar-refractivity contribution in [3.63, 3.8) is 0 Å². The maximum atomic E-state index is 13.2. The third-order valence-electron chi connectivity index (χ3n) is 6.07. The minimum Gasteiger partial charge on any atom is -0.462 e. The number of carbonyl (C=O) groups excluding carboxylic acids is 4. The van der Waals surface area contributed by atoms with Crippen molar-refractivity contribution in [2.45, 2.75) is 6.92 Å². The van der Waals surface area contributed by atoms with Gasteiger partial charge in [-0.25, -0.2) is 9.69 Å². The fourth-order valence-electron chi connectivity index (χ4n) is 4.24. The molecule has 39 heavy (non-hydrogen) atoms. The molecule has 0 fully saturated rings. The largest absolute Gasteiger partial charge is 0.462 e. The Bertz CT molecular complexity index is 1680. The molecule has 0 atom stereocenters. The van der Waals surface area contributed by atoms with Crippen LogP contribution in [0.2, 0.25) is 0 Å². The van der Waals surface area contributed by atoms with Crippen LogP contribution in [0, 0.1) is 0 Å². The Morgan fingerprint density at radius 2 is 1.56 bits per heavy atom. The molecule has 5 rings (SSSR count). The minimum atomic E-state index is -0.741. The molecular weight excluding hydrogens is 518 g/mol. The third-order valence-corrected chi connectivity index (χ3v) is 6.43. The molecule has 0 saturated heterocycles. The molecule has 0 spiro atoms. The smallest absolute Gasteiger partial charge is 0.338 e. The quantitative estimate of drug-likeness (QED) is 0.230. The number of rotatable bonds is 7. The van der Waals surface area contributed by atoms with Crippen LogP contribution in [0.15, 0.2) is 102 Å². The second-order valence-corrected chi connectivity index (χ2v) is 8.97. The summed E-state index contributed by atoms with van der Waals surface area (Å²) < 4.78 is 5.00. The molecule has 2 N–H and O–H groups in total. The average Bonchev–Trinajstić information content (AvgIpc) is 3.16. The van der Waals surface area contributed by atoms with Crippen LogP contribution in [0.1, 0.15) is 27.6 Å². The Balaban J connectivity index is 1.36. The molecule has 4 aromatic carbocycles. The lowest BCUT2D eigenvalue weighted by molar-refractivity contribution is -0.120. The van der Waals surface area contributed by atoms with Crippen molar-refractivity contribution in [3.05, 3.63) is 113 Å². The number of amides is 3. The van der Waals surface area contributed by atoms with Crippen molar-refractivity contribution < 1.29 is 23.9 Å². The first-order chi connectivity index (χ1) is 18.9. The number of nitrogens with zero attached hydrogens (tertiary/aromatic N) is 1. The van der Waals surface area contributed by atoms with E-state index in [9.17, 15) is 19.2 Å². The Morgan fingerprint density at radius 1 is 0.846 bits per heavy atom. The van der Waals surface area contributed by atoms with E-state index < -0.39 is 17.8 Å². The molecule has 1 aliphatic heterocycles. The number of ether oxygens (including phenoxy) is 1. The normalized spacial score (nSPS) is 13.1. The second-order valence-electron chi connectivity index (χ2n) is 8.59. The van der Waals surface area contributed by atoms with E-state index in [4.69, 9.17) is 16.3 Å². The molecular formula is C30H22ClN3O5. The maximum Gasteiger partial charge on any atom is 0.338 e. The van der Waals surface area contributed by atoms with E-state index in [1.807, 2.05) is 42.5 Å². The van der Waals surface area contributed by atoms with Crippen molar-refractivity contribution in [1.29, 1.82) is 0 Å². The molecule has 0 aromatic heterocycles. The van der Waals surface area contributed by atoms with Gasteiger partial charge in [0.05, 0.1) is 17.9 Å². The summed E-state index contributed by atoms with van der Waals surface area (Å²) >= 11 is 6.27. The lowest BCUT2D eigenvalue weighted by atomic mass is 10.1. The highest BCUT2D eigenvalue weighted by Gasteiger charge is 2.39. The molecule has 4 aromatic rings. The van der Waals surface area contributed by atoms with E-state index in [2.05, 4.69) is 10.6 Å². The summed E-state index contributed by atoms with van der Waals surface area (Å²) in [6.07, 6.45) is 0. The Labute approximate surface area is 228 Å². The predicted octanol–water partition coefficient (Wildman–Crippen LogP) is 5.70. The lowest BCUT2D eigenvalue weighted by Gasteiger charge is -2.16. The molecule has 1 aliphatic rings. The van der Waals surface area contributed by atoms with Crippen molar-refractivity contribution in [3.8, 4) is 0 Å². The average molecular weight is 540 g/mol. The Kier molecular flexibility index (Phi) is 7.12. The van der Waals surface area contributed by atoms with E-state index in [0.717, 1.165) is 15.7 Å².